The van der Waals surface area contributed by atoms with Crippen LogP contribution < -0.4 is 4.74 Å². The lowest BCUT2D eigenvalue weighted by molar-refractivity contribution is 0.313. The predicted molar refractivity (Wildman–Crippen MR) is 79.8 cm³/mol. The number of hydrogen-bond acceptors (Lipinski definition) is 4. The number of oxazole rings is 1. The molecule has 0 N–H and O–H groups in total. The molecule has 3 aromatic rings. The Balaban J connectivity index is 1.81. The van der Waals surface area contributed by atoms with Crippen LogP contribution in [0.2, 0.25) is 0 Å². The lowest BCUT2D eigenvalue weighted by atomic mass is 10.2. The first-order valence-corrected chi connectivity index (χ1v) is 6.82. The summed E-state index contributed by atoms with van der Waals surface area (Å²) in [5, 5.41) is 8.49. The first-order valence-electron chi connectivity index (χ1n) is 6.82. The summed E-state index contributed by atoms with van der Waals surface area (Å²) in [7, 11) is 0. The first-order chi connectivity index (χ1) is 10.4. The quantitative estimate of drug-likeness (QED) is 0.657. The molecule has 21 heavy (non-hydrogen) atoms. The van der Waals surface area contributed by atoms with E-state index in [1.165, 1.54) is 0 Å². The Morgan fingerprint density at radius 3 is 2.81 bits per heavy atom. The molecule has 0 radical (unpaired) electrons. The van der Waals surface area contributed by atoms with Crippen molar-refractivity contribution in [2.45, 2.75) is 12.8 Å². The normalized spacial score (nSPS) is 10.4. The van der Waals surface area contributed by atoms with Gasteiger partial charge in [0.2, 0.25) is 5.89 Å². The third-order valence-electron chi connectivity index (χ3n) is 3.08. The van der Waals surface area contributed by atoms with Gasteiger partial charge in [0.15, 0.2) is 5.58 Å². The Labute approximate surface area is 122 Å². The minimum absolute atomic E-state index is 0.504. The maximum atomic E-state index is 8.49. The molecule has 2 aromatic carbocycles. The summed E-state index contributed by atoms with van der Waals surface area (Å²) in [6, 6.07) is 17.5. The molecule has 0 saturated heterocycles. The molecule has 3 rings (SSSR count). The van der Waals surface area contributed by atoms with Crippen LogP contribution in [-0.2, 0) is 0 Å². The number of ether oxygens (including phenoxy) is 1. The summed E-state index contributed by atoms with van der Waals surface area (Å²) < 4.78 is 11.3. The largest absolute Gasteiger partial charge is 0.493 e. The van der Waals surface area contributed by atoms with Crippen LogP contribution in [0.3, 0.4) is 0 Å². The van der Waals surface area contributed by atoms with Gasteiger partial charge in [0, 0.05) is 18.1 Å². The van der Waals surface area contributed by atoms with E-state index in [0.717, 1.165) is 28.8 Å². The van der Waals surface area contributed by atoms with Crippen molar-refractivity contribution >= 4 is 11.1 Å². The average Bonchev–Trinajstić information content (AvgIpc) is 2.96. The second-order valence-corrected chi connectivity index (χ2v) is 4.62. The lowest BCUT2D eigenvalue weighted by Gasteiger charge is -2.03. The van der Waals surface area contributed by atoms with Crippen LogP contribution >= 0.6 is 0 Å². The summed E-state index contributed by atoms with van der Waals surface area (Å²) in [6.45, 7) is 0.530. The Hall–Kier alpha value is -2.80. The molecule has 0 amide bonds. The molecule has 1 aromatic heterocycles. The number of nitrogens with zero attached hydrogens (tertiary/aromatic N) is 2. The van der Waals surface area contributed by atoms with Gasteiger partial charge in [0.25, 0.3) is 0 Å². The Morgan fingerprint density at radius 2 is 2.00 bits per heavy atom. The zero-order chi connectivity index (χ0) is 14.5. The highest BCUT2D eigenvalue weighted by Gasteiger charge is 2.08. The highest BCUT2D eigenvalue weighted by molar-refractivity contribution is 5.77. The third-order valence-corrected chi connectivity index (χ3v) is 3.08. The van der Waals surface area contributed by atoms with Gasteiger partial charge in [-0.2, -0.15) is 5.26 Å². The molecule has 0 aliphatic rings. The molecule has 0 fully saturated rings. The van der Waals surface area contributed by atoms with Crippen molar-refractivity contribution in [3.8, 4) is 23.3 Å². The topological polar surface area (TPSA) is 59.0 Å². The van der Waals surface area contributed by atoms with Crippen LogP contribution in [-0.4, -0.2) is 11.6 Å². The lowest BCUT2D eigenvalue weighted by Crippen LogP contribution is -1.96. The van der Waals surface area contributed by atoms with Crippen molar-refractivity contribution in [2.24, 2.45) is 0 Å². The first kappa shape index (κ1) is 13.2. The molecule has 0 unspecified atom stereocenters. The van der Waals surface area contributed by atoms with Crippen molar-refractivity contribution in [2.75, 3.05) is 6.61 Å². The summed E-state index contributed by atoms with van der Waals surface area (Å²) in [4.78, 5) is 4.49. The summed E-state index contributed by atoms with van der Waals surface area (Å²) in [5.41, 5.74) is 2.45. The number of rotatable bonds is 5. The molecule has 104 valence electrons. The molecule has 0 aliphatic heterocycles. The van der Waals surface area contributed by atoms with Crippen molar-refractivity contribution < 1.29 is 9.15 Å². The number of benzene rings is 2. The fourth-order valence-corrected chi connectivity index (χ4v) is 2.04. The second kappa shape index (κ2) is 6.10. The number of nitriles is 1. The monoisotopic (exact) mass is 278 g/mol. The second-order valence-electron chi connectivity index (χ2n) is 4.62. The molecule has 0 bridgehead atoms. The Kier molecular flexibility index (Phi) is 3.83. The highest BCUT2D eigenvalue weighted by Crippen LogP contribution is 2.26. The van der Waals surface area contributed by atoms with E-state index in [9.17, 15) is 0 Å². The molecule has 0 aliphatic carbocycles. The summed E-state index contributed by atoms with van der Waals surface area (Å²) in [6.07, 6.45) is 1.23. The van der Waals surface area contributed by atoms with Crippen molar-refractivity contribution in [1.82, 2.24) is 4.98 Å². The zero-order valence-corrected chi connectivity index (χ0v) is 11.5. The maximum Gasteiger partial charge on any atom is 0.227 e. The minimum atomic E-state index is 0.504. The fraction of sp³-hybridized carbons (Fsp3) is 0.176. The van der Waals surface area contributed by atoms with Crippen molar-refractivity contribution in [3.05, 3.63) is 48.5 Å². The van der Waals surface area contributed by atoms with Crippen LogP contribution in [0.1, 0.15) is 12.8 Å². The van der Waals surface area contributed by atoms with E-state index < -0.39 is 0 Å². The van der Waals surface area contributed by atoms with E-state index >= 15 is 0 Å². The standard InChI is InChI=1S/C17H14N2O2/c18-10-4-5-11-20-14-8-9-16-15(12-14)19-17(21-16)13-6-2-1-3-7-13/h1-3,6-9,12H,4-5,11H2. The molecular formula is C17H14N2O2. The van der Waals surface area contributed by atoms with Crippen LogP contribution in [0.4, 0.5) is 0 Å². The highest BCUT2D eigenvalue weighted by atomic mass is 16.5. The maximum absolute atomic E-state index is 8.49. The number of hydrogen-bond donors (Lipinski definition) is 0. The van der Waals surface area contributed by atoms with E-state index in [-0.39, 0.29) is 0 Å². The molecule has 0 saturated carbocycles. The van der Waals surface area contributed by atoms with E-state index in [0.29, 0.717) is 18.9 Å². The van der Waals surface area contributed by atoms with Gasteiger partial charge in [-0.1, -0.05) is 18.2 Å². The third kappa shape index (κ3) is 3.03. The predicted octanol–water partition coefficient (Wildman–Crippen LogP) is 4.18. The van der Waals surface area contributed by atoms with Gasteiger partial charge in [-0.05, 0) is 30.7 Å². The fourth-order valence-electron chi connectivity index (χ4n) is 2.04. The van der Waals surface area contributed by atoms with Gasteiger partial charge in [-0.15, -0.1) is 0 Å². The minimum Gasteiger partial charge on any atom is -0.493 e. The van der Waals surface area contributed by atoms with Crippen LogP contribution in [0, 0.1) is 11.3 Å². The van der Waals surface area contributed by atoms with Gasteiger partial charge in [-0.25, -0.2) is 4.98 Å². The van der Waals surface area contributed by atoms with E-state index in [1.54, 1.807) is 0 Å². The van der Waals surface area contributed by atoms with Gasteiger partial charge in [0.05, 0.1) is 12.7 Å². The van der Waals surface area contributed by atoms with Gasteiger partial charge < -0.3 is 9.15 Å². The van der Waals surface area contributed by atoms with Crippen molar-refractivity contribution in [1.29, 1.82) is 5.26 Å². The summed E-state index contributed by atoms with van der Waals surface area (Å²) in [5.74, 6) is 1.35. The molecular weight excluding hydrogens is 264 g/mol. The Bertz CT molecular complexity index is 772. The average molecular weight is 278 g/mol. The van der Waals surface area contributed by atoms with Gasteiger partial charge >= 0.3 is 0 Å². The Morgan fingerprint density at radius 1 is 1.14 bits per heavy atom. The van der Waals surface area contributed by atoms with E-state index in [4.69, 9.17) is 14.4 Å². The smallest absolute Gasteiger partial charge is 0.227 e. The molecule has 4 heteroatoms. The molecule has 4 nitrogen and oxygen atoms in total. The number of fused-ring (bicyclic) bond motifs is 1. The van der Waals surface area contributed by atoms with E-state index in [2.05, 4.69) is 11.1 Å². The molecule has 1 heterocycles. The van der Waals surface area contributed by atoms with Gasteiger partial charge in [0.1, 0.15) is 11.3 Å². The number of aromatic nitrogens is 1. The van der Waals surface area contributed by atoms with Crippen LogP contribution in [0.25, 0.3) is 22.6 Å². The van der Waals surface area contributed by atoms with Crippen LogP contribution in [0.15, 0.2) is 52.9 Å². The number of unbranched alkanes of at least 4 members (excludes halogenated alkanes) is 1. The summed E-state index contributed by atoms with van der Waals surface area (Å²) >= 11 is 0. The molecule has 0 atom stereocenters. The van der Waals surface area contributed by atoms with Crippen molar-refractivity contribution in [3.63, 3.8) is 0 Å². The van der Waals surface area contributed by atoms with Gasteiger partial charge in [-0.3, -0.25) is 0 Å². The molecule has 0 spiro atoms. The SMILES string of the molecule is N#CCCCOc1ccc2oc(-c3ccccc3)nc2c1. The zero-order valence-electron chi connectivity index (χ0n) is 11.5. The van der Waals surface area contributed by atoms with Crippen LogP contribution in [0.5, 0.6) is 5.75 Å². The van der Waals surface area contributed by atoms with E-state index in [1.807, 2.05) is 48.5 Å².